The van der Waals surface area contributed by atoms with Gasteiger partial charge in [-0.25, -0.2) is 12.8 Å². The number of rotatable bonds is 4. The van der Waals surface area contributed by atoms with Gasteiger partial charge in [0.05, 0.1) is 22.6 Å². The van der Waals surface area contributed by atoms with Crippen molar-refractivity contribution < 1.29 is 17.6 Å². The van der Waals surface area contributed by atoms with Gasteiger partial charge in [0.2, 0.25) is 5.91 Å². The zero-order chi connectivity index (χ0) is 21.5. The third-order valence-corrected chi connectivity index (χ3v) is 8.39. The van der Waals surface area contributed by atoms with E-state index in [2.05, 4.69) is 10.3 Å². The van der Waals surface area contributed by atoms with Gasteiger partial charge in [0.15, 0.2) is 15.0 Å². The number of hydrogen-bond acceptors (Lipinski definition) is 6. The first kappa shape index (κ1) is 21.1. The summed E-state index contributed by atoms with van der Waals surface area (Å²) >= 11 is 7.18. The van der Waals surface area contributed by atoms with E-state index in [0.717, 1.165) is 11.3 Å². The molecule has 10 heteroatoms. The Hall–Kier alpha value is -2.10. The van der Waals surface area contributed by atoms with Crippen LogP contribution >= 0.6 is 23.4 Å². The lowest BCUT2D eigenvalue weighted by Gasteiger charge is -2.24. The number of hydrogen-bond donors (Lipinski definition) is 1. The summed E-state index contributed by atoms with van der Waals surface area (Å²) in [7, 11) is -3.07. The van der Waals surface area contributed by atoms with Gasteiger partial charge in [-0.05, 0) is 42.8 Å². The maximum Gasteiger partial charge on any atom is 0.244 e. The monoisotopic (exact) mass is 467 g/mol. The number of aryl methyl sites for hydroxylation is 1. The fourth-order valence-electron chi connectivity index (χ4n) is 3.45. The lowest BCUT2D eigenvalue weighted by Crippen LogP contribution is -2.36. The number of nitrogens with one attached hydrogen (secondary N) is 1. The van der Waals surface area contributed by atoms with Crippen LogP contribution in [0, 0.1) is 12.7 Å². The number of nitrogens with zero attached hydrogens (tertiary/aromatic N) is 2. The number of carbonyl (C=O) groups is 1. The van der Waals surface area contributed by atoms with E-state index >= 15 is 0 Å². The van der Waals surface area contributed by atoms with Crippen LogP contribution in [0.2, 0.25) is 5.02 Å². The number of amides is 1. The molecule has 0 radical (unpaired) electrons. The van der Waals surface area contributed by atoms with Crippen LogP contribution in [0.15, 0.2) is 47.5 Å². The van der Waals surface area contributed by atoms with Crippen molar-refractivity contribution in [3.8, 4) is 0 Å². The van der Waals surface area contributed by atoms with Crippen molar-refractivity contribution in [1.29, 1.82) is 0 Å². The third-order valence-electron chi connectivity index (χ3n) is 4.85. The van der Waals surface area contributed by atoms with Crippen molar-refractivity contribution in [2.24, 2.45) is 4.99 Å². The summed E-state index contributed by atoms with van der Waals surface area (Å²) in [4.78, 5) is 19.1. The molecule has 0 spiro atoms. The molecule has 158 valence electrons. The van der Waals surface area contributed by atoms with Crippen molar-refractivity contribution in [1.82, 2.24) is 0 Å². The number of carbonyl (C=O) groups excluding carboxylic acids is 1. The predicted molar refractivity (Wildman–Crippen MR) is 120 cm³/mol. The number of benzene rings is 2. The summed E-state index contributed by atoms with van der Waals surface area (Å²) in [6.07, 6.45) is 0. The van der Waals surface area contributed by atoms with E-state index in [1.54, 1.807) is 4.90 Å². The summed E-state index contributed by atoms with van der Waals surface area (Å²) < 4.78 is 37.1. The molecule has 0 saturated carbocycles. The van der Waals surface area contributed by atoms with E-state index in [1.807, 2.05) is 31.2 Å². The van der Waals surface area contributed by atoms with Crippen molar-refractivity contribution in [3.63, 3.8) is 0 Å². The molecule has 0 bridgehead atoms. The van der Waals surface area contributed by atoms with Crippen LogP contribution in [0.1, 0.15) is 5.56 Å². The van der Waals surface area contributed by atoms with Gasteiger partial charge in [0.25, 0.3) is 0 Å². The summed E-state index contributed by atoms with van der Waals surface area (Å²) in [5.74, 6) is -0.755. The van der Waals surface area contributed by atoms with E-state index in [4.69, 9.17) is 11.6 Å². The van der Waals surface area contributed by atoms with E-state index < -0.39 is 15.7 Å². The Bertz CT molecular complexity index is 1140. The second kappa shape index (κ2) is 8.20. The highest BCUT2D eigenvalue weighted by Gasteiger charge is 2.44. The van der Waals surface area contributed by atoms with Crippen LogP contribution in [0.5, 0.6) is 0 Å². The molecule has 1 saturated heterocycles. The SMILES string of the molecule is Cc1cccc(N(CC(=O)Nc2ccc(F)c(Cl)c2)C2=N[C@@H]3CS(=O)(=O)C[C@@H]3S2)c1. The molecular formula is C20H19ClFN3O3S2. The molecule has 0 unspecified atom stereocenters. The zero-order valence-corrected chi connectivity index (χ0v) is 18.4. The highest BCUT2D eigenvalue weighted by atomic mass is 35.5. The zero-order valence-electron chi connectivity index (χ0n) is 16.0. The van der Waals surface area contributed by atoms with Crippen molar-refractivity contribution in [2.75, 3.05) is 28.3 Å². The molecule has 1 N–H and O–H groups in total. The Morgan fingerprint density at radius 3 is 2.80 bits per heavy atom. The highest BCUT2D eigenvalue weighted by Crippen LogP contribution is 2.37. The Balaban J connectivity index is 1.57. The first-order chi connectivity index (χ1) is 14.2. The Morgan fingerprint density at radius 2 is 2.10 bits per heavy atom. The maximum atomic E-state index is 13.4. The molecule has 2 aromatic rings. The fourth-order valence-corrected chi connectivity index (χ4v) is 7.41. The van der Waals surface area contributed by atoms with E-state index in [9.17, 15) is 17.6 Å². The number of aliphatic imine (C=N–C) groups is 1. The number of sulfone groups is 1. The minimum atomic E-state index is -3.07. The molecule has 2 aliphatic rings. The topological polar surface area (TPSA) is 78.8 Å². The van der Waals surface area contributed by atoms with Gasteiger partial charge in [-0.15, -0.1) is 0 Å². The molecule has 0 aliphatic carbocycles. The van der Waals surface area contributed by atoms with Crippen LogP contribution < -0.4 is 10.2 Å². The molecule has 0 aromatic heterocycles. The third kappa shape index (κ3) is 4.63. The van der Waals surface area contributed by atoms with Crippen LogP contribution in [-0.2, 0) is 14.6 Å². The van der Waals surface area contributed by atoms with Gasteiger partial charge >= 0.3 is 0 Å². The Kier molecular flexibility index (Phi) is 5.78. The van der Waals surface area contributed by atoms with E-state index in [-0.39, 0.29) is 40.3 Å². The van der Waals surface area contributed by atoms with Crippen LogP contribution in [-0.4, -0.2) is 48.8 Å². The molecule has 30 heavy (non-hydrogen) atoms. The van der Waals surface area contributed by atoms with Crippen molar-refractivity contribution in [3.05, 3.63) is 58.9 Å². The number of anilines is 2. The molecule has 2 aliphatic heterocycles. The number of halogens is 2. The molecule has 1 amide bonds. The molecule has 4 rings (SSSR count). The molecule has 2 heterocycles. The first-order valence-electron chi connectivity index (χ1n) is 9.24. The summed E-state index contributed by atoms with van der Waals surface area (Å²) in [6, 6.07) is 11.3. The summed E-state index contributed by atoms with van der Waals surface area (Å²) in [5, 5.41) is 3.14. The van der Waals surface area contributed by atoms with Gasteiger partial charge in [-0.2, -0.15) is 0 Å². The number of thioether (sulfide) groups is 1. The van der Waals surface area contributed by atoms with Gasteiger partial charge in [-0.1, -0.05) is 35.5 Å². The Labute approximate surface area is 183 Å². The van der Waals surface area contributed by atoms with Crippen LogP contribution in [0.25, 0.3) is 0 Å². The summed E-state index contributed by atoms with van der Waals surface area (Å²) in [6.45, 7) is 1.92. The summed E-state index contributed by atoms with van der Waals surface area (Å²) in [5.41, 5.74) is 2.20. The smallest absolute Gasteiger partial charge is 0.244 e. The molecule has 6 nitrogen and oxygen atoms in total. The second-order valence-electron chi connectivity index (χ2n) is 7.31. The predicted octanol–water partition coefficient (Wildman–Crippen LogP) is 3.50. The first-order valence-corrected chi connectivity index (χ1v) is 12.3. The molecule has 1 fully saturated rings. The van der Waals surface area contributed by atoms with Gasteiger partial charge in [-0.3, -0.25) is 9.79 Å². The average molecular weight is 468 g/mol. The van der Waals surface area contributed by atoms with Gasteiger partial charge < -0.3 is 10.2 Å². The molecule has 2 atom stereocenters. The van der Waals surface area contributed by atoms with Crippen LogP contribution in [0.3, 0.4) is 0 Å². The van der Waals surface area contributed by atoms with Crippen molar-refractivity contribution in [2.45, 2.75) is 18.2 Å². The van der Waals surface area contributed by atoms with E-state index in [1.165, 1.54) is 30.0 Å². The minimum absolute atomic E-state index is 0.0313. The average Bonchev–Trinajstić information content (AvgIpc) is 3.16. The Morgan fingerprint density at radius 1 is 1.30 bits per heavy atom. The standard InChI is InChI=1S/C20H19ClFN3O3S2/c1-12-3-2-4-14(7-12)25(20-24-17-10-30(27,28)11-18(17)29-20)9-19(26)23-13-5-6-16(22)15(21)8-13/h2-8,17-18H,9-11H2,1H3,(H,23,26)/t17-,18+/m1/s1. The largest absolute Gasteiger partial charge is 0.324 e. The quantitative estimate of drug-likeness (QED) is 0.744. The molecule has 2 aromatic carbocycles. The fraction of sp³-hybridized carbons (Fsp3) is 0.300. The maximum absolute atomic E-state index is 13.4. The van der Waals surface area contributed by atoms with E-state index in [0.29, 0.717) is 10.9 Å². The lowest BCUT2D eigenvalue weighted by atomic mass is 10.2. The second-order valence-corrected chi connectivity index (χ2v) is 11.1. The lowest BCUT2D eigenvalue weighted by molar-refractivity contribution is -0.114. The van der Waals surface area contributed by atoms with Gasteiger partial charge in [0, 0.05) is 16.6 Å². The minimum Gasteiger partial charge on any atom is -0.324 e. The molecular weight excluding hydrogens is 449 g/mol. The number of fused-ring (bicyclic) bond motifs is 1. The van der Waals surface area contributed by atoms with Gasteiger partial charge in [0.1, 0.15) is 12.4 Å². The highest BCUT2D eigenvalue weighted by molar-refractivity contribution is 8.15. The number of amidine groups is 1. The normalized spacial score (nSPS) is 21.8. The van der Waals surface area contributed by atoms with Crippen LogP contribution in [0.4, 0.5) is 15.8 Å². The van der Waals surface area contributed by atoms with Crippen molar-refractivity contribution >= 4 is 55.6 Å².